The lowest BCUT2D eigenvalue weighted by molar-refractivity contribution is 0.0725. The number of hydrogen-bond acceptors (Lipinski definition) is 4. The first-order valence-electron chi connectivity index (χ1n) is 9.16. The van der Waals surface area contributed by atoms with Gasteiger partial charge in [0.05, 0.1) is 24.1 Å². The maximum atomic E-state index is 13.2. The van der Waals surface area contributed by atoms with E-state index in [0.717, 1.165) is 24.2 Å². The third kappa shape index (κ3) is 2.79. The quantitative estimate of drug-likeness (QED) is 0.683. The molecule has 2 heterocycles. The van der Waals surface area contributed by atoms with Crippen molar-refractivity contribution in [2.45, 2.75) is 25.8 Å². The fourth-order valence-corrected chi connectivity index (χ4v) is 3.66. The van der Waals surface area contributed by atoms with Gasteiger partial charge >= 0.3 is 0 Å². The van der Waals surface area contributed by atoms with Crippen LogP contribution >= 0.6 is 0 Å². The van der Waals surface area contributed by atoms with E-state index in [1.807, 2.05) is 24.3 Å². The number of ether oxygens (including phenoxy) is 1. The highest BCUT2D eigenvalue weighted by Gasteiger charge is 2.42. The number of fused-ring (bicyclic) bond motifs is 2. The van der Waals surface area contributed by atoms with E-state index in [1.54, 1.807) is 36.3 Å². The van der Waals surface area contributed by atoms with Crippen molar-refractivity contribution in [3.8, 4) is 5.75 Å². The summed E-state index contributed by atoms with van der Waals surface area (Å²) in [6.45, 7) is 2.65. The number of nitrogens with zero attached hydrogens (tertiary/aromatic N) is 1. The summed E-state index contributed by atoms with van der Waals surface area (Å²) in [6.07, 6.45) is 1.82. The van der Waals surface area contributed by atoms with Gasteiger partial charge in [0.2, 0.25) is 5.76 Å². The summed E-state index contributed by atoms with van der Waals surface area (Å²) in [5.41, 5.74) is 1.61. The van der Waals surface area contributed by atoms with Crippen LogP contribution in [0, 0.1) is 0 Å². The molecule has 0 fully saturated rings. The van der Waals surface area contributed by atoms with Gasteiger partial charge in [0.1, 0.15) is 11.3 Å². The standard InChI is InChI=1S/C22H21NO4/c1-3-4-13-23-19(14-9-11-15(26-2)12-10-14)18-20(24)16-7-5-6-8-17(16)27-21(18)22(23)25/h5-12,19H,3-4,13H2,1-2H3/t19-/m1/s1. The van der Waals surface area contributed by atoms with Crippen LogP contribution in [0.25, 0.3) is 11.0 Å². The van der Waals surface area contributed by atoms with Gasteiger partial charge in [-0.2, -0.15) is 0 Å². The monoisotopic (exact) mass is 363 g/mol. The number of benzene rings is 2. The molecule has 1 aliphatic heterocycles. The third-order valence-corrected chi connectivity index (χ3v) is 5.06. The SMILES string of the molecule is CCCCN1C(=O)c2oc3ccccc3c(=O)c2[C@H]1c1ccc(OC)cc1. The van der Waals surface area contributed by atoms with E-state index >= 15 is 0 Å². The van der Waals surface area contributed by atoms with Gasteiger partial charge < -0.3 is 14.1 Å². The average Bonchev–Trinajstić information content (AvgIpc) is 2.99. The Bertz CT molecular complexity index is 1050. The Morgan fingerprint density at radius 3 is 2.52 bits per heavy atom. The second kappa shape index (κ2) is 6.91. The second-order valence-electron chi connectivity index (χ2n) is 6.70. The van der Waals surface area contributed by atoms with Crippen LogP contribution in [0.1, 0.15) is 47.5 Å². The molecule has 0 N–H and O–H groups in total. The van der Waals surface area contributed by atoms with Crippen molar-refractivity contribution in [1.82, 2.24) is 4.90 Å². The number of para-hydroxylation sites is 1. The smallest absolute Gasteiger partial charge is 0.290 e. The first-order chi connectivity index (χ1) is 13.2. The topological polar surface area (TPSA) is 59.8 Å². The van der Waals surface area contributed by atoms with E-state index in [9.17, 15) is 9.59 Å². The van der Waals surface area contributed by atoms with E-state index in [2.05, 4.69) is 6.92 Å². The molecule has 0 spiro atoms. The highest BCUT2D eigenvalue weighted by Crippen LogP contribution is 2.38. The molecule has 3 aromatic rings. The van der Waals surface area contributed by atoms with Crippen LogP contribution in [0.3, 0.4) is 0 Å². The lowest BCUT2D eigenvalue weighted by Gasteiger charge is -2.25. The van der Waals surface area contributed by atoms with E-state index in [4.69, 9.17) is 9.15 Å². The Kier molecular flexibility index (Phi) is 4.44. The van der Waals surface area contributed by atoms with E-state index in [0.29, 0.717) is 23.1 Å². The van der Waals surface area contributed by atoms with Crippen LogP contribution < -0.4 is 10.2 Å². The van der Waals surface area contributed by atoms with Crippen LogP contribution in [0.15, 0.2) is 57.7 Å². The molecule has 1 aliphatic rings. The minimum atomic E-state index is -0.439. The number of carbonyl (C=O) groups is 1. The maximum Gasteiger partial charge on any atom is 0.290 e. The molecule has 1 atom stereocenters. The first-order valence-corrected chi connectivity index (χ1v) is 9.16. The highest BCUT2D eigenvalue weighted by molar-refractivity contribution is 5.99. The molecule has 5 heteroatoms. The van der Waals surface area contributed by atoms with Crippen LogP contribution in [0.4, 0.5) is 0 Å². The molecule has 0 saturated carbocycles. The summed E-state index contributed by atoms with van der Waals surface area (Å²) >= 11 is 0. The molecule has 138 valence electrons. The molecular weight excluding hydrogens is 342 g/mol. The van der Waals surface area contributed by atoms with Gasteiger partial charge in [0.15, 0.2) is 5.43 Å². The first kappa shape index (κ1) is 17.3. The molecule has 0 unspecified atom stereocenters. The molecule has 4 rings (SSSR count). The molecule has 27 heavy (non-hydrogen) atoms. The van der Waals surface area contributed by atoms with Gasteiger partial charge in [0.25, 0.3) is 5.91 Å². The Morgan fingerprint density at radius 2 is 1.81 bits per heavy atom. The van der Waals surface area contributed by atoms with Gasteiger partial charge in [-0.25, -0.2) is 0 Å². The largest absolute Gasteiger partial charge is 0.497 e. The molecule has 2 aromatic carbocycles. The van der Waals surface area contributed by atoms with Gasteiger partial charge in [0, 0.05) is 6.54 Å². The van der Waals surface area contributed by atoms with Gasteiger partial charge in [-0.1, -0.05) is 37.6 Å². The zero-order valence-electron chi connectivity index (χ0n) is 15.4. The van der Waals surface area contributed by atoms with Crippen molar-refractivity contribution >= 4 is 16.9 Å². The van der Waals surface area contributed by atoms with Gasteiger partial charge in [-0.3, -0.25) is 9.59 Å². The van der Waals surface area contributed by atoms with E-state index < -0.39 is 6.04 Å². The predicted molar refractivity (Wildman–Crippen MR) is 103 cm³/mol. The fourth-order valence-electron chi connectivity index (χ4n) is 3.66. The fraction of sp³-hybridized carbons (Fsp3) is 0.273. The van der Waals surface area contributed by atoms with Crippen LogP contribution in [-0.2, 0) is 0 Å². The third-order valence-electron chi connectivity index (χ3n) is 5.06. The lowest BCUT2D eigenvalue weighted by atomic mass is 9.98. The minimum Gasteiger partial charge on any atom is -0.497 e. The summed E-state index contributed by atoms with van der Waals surface area (Å²) in [7, 11) is 1.61. The molecule has 0 bridgehead atoms. The number of unbranched alkanes of at least 4 members (excludes halogenated alkanes) is 1. The van der Waals surface area contributed by atoms with Crippen LogP contribution in [-0.4, -0.2) is 24.5 Å². The Hall–Kier alpha value is -3.08. The zero-order chi connectivity index (χ0) is 19.0. The van der Waals surface area contributed by atoms with E-state index in [-0.39, 0.29) is 17.1 Å². The summed E-state index contributed by atoms with van der Waals surface area (Å²) < 4.78 is 11.1. The number of rotatable bonds is 5. The normalized spacial score (nSPS) is 16.0. The number of carbonyl (C=O) groups excluding carboxylic acids is 1. The molecule has 0 saturated heterocycles. The molecule has 5 nitrogen and oxygen atoms in total. The van der Waals surface area contributed by atoms with Crippen LogP contribution in [0.2, 0.25) is 0 Å². The Labute approximate surface area is 157 Å². The lowest BCUT2D eigenvalue weighted by Crippen LogP contribution is -2.30. The van der Waals surface area contributed by atoms with Crippen molar-refractivity contribution < 1.29 is 13.9 Å². The number of methoxy groups -OCH3 is 1. The molecular formula is C22H21NO4. The molecule has 1 aromatic heterocycles. The highest BCUT2D eigenvalue weighted by atomic mass is 16.5. The second-order valence-corrected chi connectivity index (χ2v) is 6.70. The average molecular weight is 363 g/mol. The number of amides is 1. The predicted octanol–water partition coefficient (Wildman–Crippen LogP) is 4.15. The van der Waals surface area contributed by atoms with E-state index in [1.165, 1.54) is 0 Å². The van der Waals surface area contributed by atoms with Crippen molar-refractivity contribution in [2.24, 2.45) is 0 Å². The van der Waals surface area contributed by atoms with Gasteiger partial charge in [-0.15, -0.1) is 0 Å². The summed E-state index contributed by atoms with van der Waals surface area (Å²) in [4.78, 5) is 28.1. The Balaban J connectivity index is 1.93. The summed E-state index contributed by atoms with van der Waals surface area (Å²) in [5.74, 6) is 0.673. The molecule has 0 aliphatic carbocycles. The van der Waals surface area contributed by atoms with Crippen molar-refractivity contribution in [3.63, 3.8) is 0 Å². The molecule has 1 amide bonds. The van der Waals surface area contributed by atoms with Crippen molar-refractivity contribution in [1.29, 1.82) is 0 Å². The Morgan fingerprint density at radius 1 is 1.07 bits per heavy atom. The summed E-state index contributed by atoms with van der Waals surface area (Å²) in [5, 5.41) is 0.500. The maximum absolute atomic E-state index is 13.2. The minimum absolute atomic E-state index is 0.139. The number of hydrogen-bond donors (Lipinski definition) is 0. The van der Waals surface area contributed by atoms with Crippen LogP contribution in [0.5, 0.6) is 5.75 Å². The van der Waals surface area contributed by atoms with Crippen molar-refractivity contribution in [2.75, 3.05) is 13.7 Å². The van der Waals surface area contributed by atoms with Gasteiger partial charge in [-0.05, 0) is 36.2 Å². The van der Waals surface area contributed by atoms with Crippen molar-refractivity contribution in [3.05, 3.63) is 75.6 Å². The zero-order valence-corrected chi connectivity index (χ0v) is 15.4. The summed E-state index contributed by atoms with van der Waals surface area (Å²) in [6, 6.07) is 14.1. The molecule has 0 radical (unpaired) electrons.